The maximum atomic E-state index is 12.6. The van der Waals surface area contributed by atoms with E-state index in [4.69, 9.17) is 4.74 Å². The van der Waals surface area contributed by atoms with E-state index < -0.39 is 5.60 Å². The van der Waals surface area contributed by atoms with E-state index in [1.165, 1.54) is 10.9 Å². The van der Waals surface area contributed by atoms with E-state index in [1.807, 2.05) is 0 Å². The Kier molecular flexibility index (Phi) is 4.19. The molecule has 0 saturated carbocycles. The van der Waals surface area contributed by atoms with Crippen molar-refractivity contribution >= 4 is 5.91 Å². The summed E-state index contributed by atoms with van der Waals surface area (Å²) in [6, 6.07) is 7.14. The summed E-state index contributed by atoms with van der Waals surface area (Å²) in [5, 5.41) is 24.3. The fourth-order valence-electron chi connectivity index (χ4n) is 2.73. The molecule has 3 rings (SSSR count). The molecule has 1 aromatic carbocycles. The Morgan fingerprint density at radius 3 is 2.46 bits per heavy atom. The van der Waals surface area contributed by atoms with Gasteiger partial charge in [-0.2, -0.15) is 5.10 Å². The topological polar surface area (TPSA) is 87.8 Å². The van der Waals surface area contributed by atoms with E-state index in [2.05, 4.69) is 5.10 Å². The van der Waals surface area contributed by atoms with E-state index in [0.29, 0.717) is 37.4 Å². The molecule has 1 aliphatic rings. The zero-order valence-electron chi connectivity index (χ0n) is 13.8. The smallest absolute Gasteiger partial charge is 0.278 e. The van der Waals surface area contributed by atoms with Crippen molar-refractivity contribution in [3.05, 3.63) is 36.2 Å². The van der Waals surface area contributed by atoms with Crippen molar-refractivity contribution in [1.29, 1.82) is 0 Å². The first-order valence-corrected chi connectivity index (χ1v) is 7.84. The van der Waals surface area contributed by atoms with Gasteiger partial charge in [0.2, 0.25) is 0 Å². The van der Waals surface area contributed by atoms with Crippen molar-refractivity contribution in [2.45, 2.75) is 25.4 Å². The first-order valence-electron chi connectivity index (χ1n) is 7.84. The lowest BCUT2D eigenvalue weighted by Crippen LogP contribution is -2.45. The van der Waals surface area contributed by atoms with Crippen LogP contribution < -0.4 is 4.74 Å². The molecule has 2 N–H and O–H groups in total. The van der Waals surface area contributed by atoms with Crippen LogP contribution in [-0.4, -0.2) is 56.6 Å². The van der Waals surface area contributed by atoms with Gasteiger partial charge < -0.3 is 19.8 Å². The predicted molar refractivity (Wildman–Crippen MR) is 87.5 cm³/mol. The maximum Gasteiger partial charge on any atom is 0.278 e. The molecule has 0 bridgehead atoms. The molecule has 7 heteroatoms. The van der Waals surface area contributed by atoms with Crippen LogP contribution >= 0.6 is 0 Å². The third-order valence-corrected chi connectivity index (χ3v) is 4.36. The fraction of sp³-hybridized carbons (Fsp3) is 0.412. The number of nitrogens with zero attached hydrogens (tertiary/aromatic N) is 3. The lowest BCUT2D eigenvalue weighted by Gasteiger charge is -2.35. The number of ether oxygens (including phenoxy) is 1. The largest absolute Gasteiger partial charge is 0.504 e. The highest BCUT2D eigenvalue weighted by atomic mass is 16.5. The Balaban J connectivity index is 1.79. The van der Waals surface area contributed by atoms with Gasteiger partial charge in [0.15, 0.2) is 11.4 Å². The highest BCUT2D eigenvalue weighted by Crippen LogP contribution is 2.25. The van der Waals surface area contributed by atoms with Crippen molar-refractivity contribution in [3.63, 3.8) is 0 Å². The standard InChI is InChI=1S/C17H21N3O4/c1-17(23)7-9-19(10-8-17)16(22)15-14(21)11-20(18-15)12-3-5-13(24-2)6-4-12/h3-6,11,21,23H,7-10H2,1-2H3. The van der Waals surface area contributed by atoms with Gasteiger partial charge in [0.25, 0.3) is 5.91 Å². The number of aromatic nitrogens is 2. The van der Waals surface area contributed by atoms with Gasteiger partial charge in [-0.25, -0.2) is 4.68 Å². The molecule has 1 saturated heterocycles. The molecule has 2 aromatic rings. The van der Waals surface area contributed by atoms with Gasteiger partial charge in [0, 0.05) is 13.1 Å². The second-order valence-electron chi connectivity index (χ2n) is 6.29. The third-order valence-electron chi connectivity index (χ3n) is 4.36. The van der Waals surface area contributed by atoms with E-state index in [-0.39, 0.29) is 17.4 Å². The third kappa shape index (κ3) is 3.21. The Morgan fingerprint density at radius 2 is 1.88 bits per heavy atom. The number of carbonyl (C=O) groups excluding carboxylic acids is 1. The van der Waals surface area contributed by atoms with Crippen LogP contribution in [0.3, 0.4) is 0 Å². The summed E-state index contributed by atoms with van der Waals surface area (Å²) in [4.78, 5) is 14.2. The minimum atomic E-state index is -0.735. The van der Waals surface area contributed by atoms with Crippen LogP contribution in [0.15, 0.2) is 30.5 Å². The van der Waals surface area contributed by atoms with Crippen LogP contribution in [0.4, 0.5) is 0 Å². The summed E-state index contributed by atoms with van der Waals surface area (Å²) in [6.45, 7) is 2.66. The van der Waals surface area contributed by atoms with Crippen LogP contribution in [0.5, 0.6) is 11.5 Å². The molecular formula is C17H21N3O4. The van der Waals surface area contributed by atoms with Crippen LogP contribution in [0.25, 0.3) is 5.69 Å². The molecule has 0 radical (unpaired) electrons. The molecule has 1 amide bonds. The summed E-state index contributed by atoms with van der Waals surface area (Å²) < 4.78 is 6.57. The van der Waals surface area contributed by atoms with Crippen molar-refractivity contribution in [2.24, 2.45) is 0 Å². The van der Waals surface area contributed by atoms with Gasteiger partial charge in [-0.15, -0.1) is 0 Å². The second kappa shape index (κ2) is 6.16. The molecule has 128 valence electrons. The van der Waals surface area contributed by atoms with Crippen molar-refractivity contribution in [2.75, 3.05) is 20.2 Å². The van der Waals surface area contributed by atoms with E-state index in [0.717, 1.165) is 0 Å². The minimum absolute atomic E-state index is 0.0207. The second-order valence-corrected chi connectivity index (χ2v) is 6.29. The Morgan fingerprint density at radius 1 is 1.25 bits per heavy atom. The quantitative estimate of drug-likeness (QED) is 0.891. The predicted octanol–water partition coefficient (Wildman–Crippen LogP) is 1.57. The lowest BCUT2D eigenvalue weighted by molar-refractivity contribution is -0.00226. The summed E-state index contributed by atoms with van der Waals surface area (Å²) >= 11 is 0. The fourth-order valence-corrected chi connectivity index (χ4v) is 2.73. The van der Waals surface area contributed by atoms with Gasteiger partial charge in [0.05, 0.1) is 24.6 Å². The lowest BCUT2D eigenvalue weighted by atomic mass is 9.94. The van der Waals surface area contributed by atoms with Gasteiger partial charge >= 0.3 is 0 Å². The number of piperidine rings is 1. The number of methoxy groups -OCH3 is 1. The number of hydrogen-bond donors (Lipinski definition) is 2. The number of aliphatic hydroxyl groups is 1. The number of hydrogen-bond acceptors (Lipinski definition) is 5. The highest BCUT2D eigenvalue weighted by molar-refractivity contribution is 5.94. The Bertz CT molecular complexity index is 727. The van der Waals surface area contributed by atoms with Crippen LogP contribution in [0.1, 0.15) is 30.3 Å². The molecule has 0 spiro atoms. The highest BCUT2D eigenvalue weighted by Gasteiger charge is 2.32. The number of likely N-dealkylation sites (tertiary alicyclic amines) is 1. The number of aromatic hydroxyl groups is 1. The number of rotatable bonds is 3. The maximum absolute atomic E-state index is 12.6. The number of benzene rings is 1. The summed E-state index contributed by atoms with van der Waals surface area (Å²) in [7, 11) is 1.58. The zero-order chi connectivity index (χ0) is 17.3. The van der Waals surface area contributed by atoms with Gasteiger partial charge in [0.1, 0.15) is 5.75 Å². The normalized spacial score (nSPS) is 16.9. The SMILES string of the molecule is COc1ccc(-n2cc(O)c(C(=O)N3CCC(C)(O)CC3)n2)cc1. The first-order chi connectivity index (χ1) is 11.4. The average molecular weight is 331 g/mol. The van der Waals surface area contributed by atoms with Crippen LogP contribution in [0, 0.1) is 0 Å². The first kappa shape index (κ1) is 16.3. The molecule has 0 unspecified atom stereocenters. The zero-order valence-corrected chi connectivity index (χ0v) is 13.8. The number of carbonyl (C=O) groups is 1. The van der Waals surface area contributed by atoms with Crippen LogP contribution in [-0.2, 0) is 0 Å². The minimum Gasteiger partial charge on any atom is -0.504 e. The molecule has 1 fully saturated rings. The van der Waals surface area contributed by atoms with E-state index in [9.17, 15) is 15.0 Å². The Labute approximate surface area is 140 Å². The van der Waals surface area contributed by atoms with Gasteiger partial charge in [-0.3, -0.25) is 4.79 Å². The number of amides is 1. The molecule has 24 heavy (non-hydrogen) atoms. The van der Waals surface area contributed by atoms with Gasteiger partial charge in [-0.05, 0) is 44.0 Å². The molecule has 2 heterocycles. The van der Waals surface area contributed by atoms with E-state index in [1.54, 1.807) is 43.2 Å². The summed E-state index contributed by atoms with van der Waals surface area (Å²) in [6.07, 6.45) is 2.44. The van der Waals surface area contributed by atoms with Gasteiger partial charge in [-0.1, -0.05) is 0 Å². The molecule has 1 aliphatic heterocycles. The molecule has 7 nitrogen and oxygen atoms in total. The van der Waals surface area contributed by atoms with Crippen molar-refractivity contribution < 1.29 is 19.7 Å². The average Bonchev–Trinajstić information content (AvgIpc) is 2.96. The molecular weight excluding hydrogens is 310 g/mol. The monoisotopic (exact) mass is 331 g/mol. The van der Waals surface area contributed by atoms with E-state index >= 15 is 0 Å². The summed E-state index contributed by atoms with van der Waals surface area (Å²) in [5.74, 6) is 0.232. The molecule has 1 aromatic heterocycles. The molecule has 0 aliphatic carbocycles. The van der Waals surface area contributed by atoms with Crippen LogP contribution in [0.2, 0.25) is 0 Å². The Hall–Kier alpha value is -2.54. The molecule has 0 atom stereocenters. The van der Waals surface area contributed by atoms with Crippen molar-refractivity contribution in [1.82, 2.24) is 14.7 Å². The summed E-state index contributed by atoms with van der Waals surface area (Å²) in [5.41, 5.74) is 0.000425. The van der Waals surface area contributed by atoms with Crippen molar-refractivity contribution in [3.8, 4) is 17.2 Å².